The predicted octanol–water partition coefficient (Wildman–Crippen LogP) is 3.96. The van der Waals surface area contributed by atoms with Crippen molar-refractivity contribution >= 4 is 21.8 Å². The molecule has 3 rings (SSSR count). The summed E-state index contributed by atoms with van der Waals surface area (Å²) in [6.07, 6.45) is 5.26. The van der Waals surface area contributed by atoms with Crippen molar-refractivity contribution in [2.75, 3.05) is 6.54 Å². The number of aromatic nitrogens is 1. The first-order valence-corrected chi connectivity index (χ1v) is 7.62. The van der Waals surface area contributed by atoms with E-state index in [0.717, 1.165) is 18.4 Å². The highest BCUT2D eigenvalue weighted by atomic mass is 79.9. The van der Waals surface area contributed by atoms with Gasteiger partial charge in [0.15, 0.2) is 0 Å². The lowest BCUT2D eigenvalue weighted by Gasteiger charge is -2.25. The molecule has 1 aromatic heterocycles. The SMILES string of the molecule is O=C(c1cccc(Br)c1F)N1CCCC1c1ccncc1. The van der Waals surface area contributed by atoms with Gasteiger partial charge in [-0.25, -0.2) is 4.39 Å². The zero-order valence-corrected chi connectivity index (χ0v) is 12.9. The first kappa shape index (κ1) is 14.2. The van der Waals surface area contributed by atoms with Crippen LogP contribution in [0.15, 0.2) is 47.2 Å². The lowest BCUT2D eigenvalue weighted by Crippen LogP contribution is -2.31. The van der Waals surface area contributed by atoms with Crippen molar-refractivity contribution < 1.29 is 9.18 Å². The molecular formula is C16H14BrFN2O. The number of hydrogen-bond donors (Lipinski definition) is 0. The Balaban J connectivity index is 1.92. The number of amides is 1. The Hall–Kier alpha value is -1.75. The van der Waals surface area contributed by atoms with Gasteiger partial charge in [-0.05, 0) is 58.6 Å². The summed E-state index contributed by atoms with van der Waals surface area (Å²) in [4.78, 5) is 18.4. The Labute approximate surface area is 130 Å². The largest absolute Gasteiger partial charge is 0.332 e. The number of pyridine rings is 1. The van der Waals surface area contributed by atoms with Gasteiger partial charge in [0.05, 0.1) is 16.1 Å². The molecule has 1 aromatic carbocycles. The molecule has 0 radical (unpaired) electrons. The number of benzene rings is 1. The lowest BCUT2D eigenvalue weighted by molar-refractivity contribution is 0.0730. The van der Waals surface area contributed by atoms with Crippen LogP contribution in [-0.2, 0) is 0 Å². The smallest absolute Gasteiger partial charge is 0.257 e. The van der Waals surface area contributed by atoms with E-state index in [1.807, 2.05) is 12.1 Å². The number of hydrogen-bond acceptors (Lipinski definition) is 2. The predicted molar refractivity (Wildman–Crippen MR) is 81.3 cm³/mol. The van der Waals surface area contributed by atoms with E-state index in [4.69, 9.17) is 0 Å². The quantitative estimate of drug-likeness (QED) is 0.822. The van der Waals surface area contributed by atoms with Gasteiger partial charge in [-0.15, -0.1) is 0 Å². The van der Waals surface area contributed by atoms with Crippen LogP contribution in [0.3, 0.4) is 0 Å². The molecular weight excluding hydrogens is 335 g/mol. The van der Waals surface area contributed by atoms with Gasteiger partial charge in [-0.1, -0.05) is 6.07 Å². The second kappa shape index (κ2) is 5.93. The maximum Gasteiger partial charge on any atom is 0.257 e. The molecule has 2 aromatic rings. The maximum atomic E-state index is 14.1. The van der Waals surface area contributed by atoms with E-state index in [9.17, 15) is 9.18 Å². The molecule has 108 valence electrons. The standard InChI is InChI=1S/C16H14BrFN2O/c17-13-4-1-3-12(15(13)18)16(21)20-10-2-5-14(20)11-6-8-19-9-7-11/h1,3-4,6-9,14H,2,5,10H2. The van der Waals surface area contributed by atoms with Crippen LogP contribution in [0.25, 0.3) is 0 Å². The maximum absolute atomic E-state index is 14.1. The molecule has 3 nitrogen and oxygen atoms in total. The Morgan fingerprint density at radius 1 is 1.29 bits per heavy atom. The summed E-state index contributed by atoms with van der Waals surface area (Å²) in [5.41, 5.74) is 1.16. The fraction of sp³-hybridized carbons (Fsp3) is 0.250. The minimum absolute atomic E-state index is 0.00104. The highest BCUT2D eigenvalue weighted by Gasteiger charge is 2.31. The molecule has 1 saturated heterocycles. The Kier molecular flexibility index (Phi) is 4.01. The summed E-state index contributed by atoms with van der Waals surface area (Å²) in [7, 11) is 0. The molecule has 0 aliphatic carbocycles. The number of rotatable bonds is 2. The molecule has 21 heavy (non-hydrogen) atoms. The lowest BCUT2D eigenvalue weighted by atomic mass is 10.1. The fourth-order valence-electron chi connectivity index (χ4n) is 2.77. The zero-order valence-electron chi connectivity index (χ0n) is 11.3. The summed E-state index contributed by atoms with van der Waals surface area (Å²) in [6.45, 7) is 0.651. The van der Waals surface area contributed by atoms with Gasteiger partial charge in [-0.2, -0.15) is 0 Å². The molecule has 0 saturated carbocycles. The first-order chi connectivity index (χ1) is 10.2. The van der Waals surface area contributed by atoms with E-state index in [1.165, 1.54) is 6.07 Å². The molecule has 1 aliphatic rings. The van der Waals surface area contributed by atoms with Gasteiger partial charge < -0.3 is 4.90 Å². The molecule has 1 unspecified atom stereocenters. The van der Waals surface area contributed by atoms with Crippen molar-refractivity contribution in [3.63, 3.8) is 0 Å². The minimum atomic E-state index is -0.497. The molecule has 1 fully saturated rings. The van der Waals surface area contributed by atoms with Crippen LogP contribution in [0.1, 0.15) is 34.8 Å². The number of carbonyl (C=O) groups is 1. The van der Waals surface area contributed by atoms with Crippen molar-refractivity contribution in [2.45, 2.75) is 18.9 Å². The van der Waals surface area contributed by atoms with Crippen molar-refractivity contribution in [2.24, 2.45) is 0 Å². The van der Waals surface area contributed by atoms with Gasteiger partial charge in [0.1, 0.15) is 5.82 Å². The summed E-state index contributed by atoms with van der Waals surface area (Å²) in [6, 6.07) is 8.62. The summed E-state index contributed by atoms with van der Waals surface area (Å²) < 4.78 is 14.4. The Bertz CT molecular complexity index is 663. The van der Waals surface area contributed by atoms with E-state index in [2.05, 4.69) is 20.9 Å². The molecule has 1 amide bonds. The molecule has 1 aliphatic heterocycles. The van der Waals surface area contributed by atoms with Crippen molar-refractivity contribution in [3.8, 4) is 0 Å². The van der Waals surface area contributed by atoms with Crippen LogP contribution in [0, 0.1) is 5.82 Å². The molecule has 0 spiro atoms. The van der Waals surface area contributed by atoms with Crippen molar-refractivity contribution in [1.29, 1.82) is 0 Å². The van der Waals surface area contributed by atoms with Crippen LogP contribution in [0.2, 0.25) is 0 Å². The van der Waals surface area contributed by atoms with Crippen molar-refractivity contribution in [1.82, 2.24) is 9.88 Å². The first-order valence-electron chi connectivity index (χ1n) is 6.83. The molecule has 5 heteroatoms. The number of nitrogens with zero attached hydrogens (tertiary/aromatic N) is 2. The molecule has 2 heterocycles. The van der Waals surface area contributed by atoms with E-state index in [0.29, 0.717) is 11.0 Å². The topological polar surface area (TPSA) is 33.2 Å². The second-order valence-corrected chi connectivity index (χ2v) is 5.89. The van der Waals surface area contributed by atoms with E-state index < -0.39 is 5.82 Å². The summed E-state index contributed by atoms with van der Waals surface area (Å²) in [5, 5.41) is 0. The molecule has 0 N–H and O–H groups in total. The number of likely N-dealkylation sites (tertiary alicyclic amines) is 1. The Morgan fingerprint density at radius 3 is 2.81 bits per heavy atom. The van der Waals surface area contributed by atoms with Crippen molar-refractivity contribution in [3.05, 3.63) is 64.1 Å². The van der Waals surface area contributed by atoms with Gasteiger partial charge in [0.25, 0.3) is 5.91 Å². The summed E-state index contributed by atoms with van der Waals surface area (Å²) >= 11 is 3.13. The van der Waals surface area contributed by atoms with E-state index >= 15 is 0 Å². The fourth-order valence-corrected chi connectivity index (χ4v) is 3.13. The normalized spacial score (nSPS) is 18.0. The zero-order chi connectivity index (χ0) is 14.8. The van der Waals surface area contributed by atoms with Crippen LogP contribution in [0.4, 0.5) is 4.39 Å². The van der Waals surface area contributed by atoms with Gasteiger partial charge in [0.2, 0.25) is 0 Å². The monoisotopic (exact) mass is 348 g/mol. The molecule has 0 bridgehead atoms. The van der Waals surface area contributed by atoms with Gasteiger partial charge >= 0.3 is 0 Å². The number of carbonyl (C=O) groups excluding carboxylic acids is 1. The van der Waals surface area contributed by atoms with Crippen LogP contribution in [0.5, 0.6) is 0 Å². The Morgan fingerprint density at radius 2 is 2.05 bits per heavy atom. The third kappa shape index (κ3) is 2.70. The summed E-state index contributed by atoms with van der Waals surface area (Å²) in [5.74, 6) is -0.754. The average molecular weight is 349 g/mol. The molecule has 1 atom stereocenters. The highest BCUT2D eigenvalue weighted by molar-refractivity contribution is 9.10. The average Bonchev–Trinajstić information content (AvgIpc) is 3.00. The third-order valence-electron chi connectivity index (χ3n) is 3.79. The van der Waals surface area contributed by atoms with Gasteiger partial charge in [-0.3, -0.25) is 9.78 Å². The second-order valence-electron chi connectivity index (χ2n) is 5.04. The van der Waals surface area contributed by atoms with Gasteiger partial charge in [0, 0.05) is 18.9 Å². The van der Waals surface area contributed by atoms with E-state index in [-0.39, 0.29) is 17.5 Å². The van der Waals surface area contributed by atoms with Crippen LogP contribution < -0.4 is 0 Å². The minimum Gasteiger partial charge on any atom is -0.332 e. The van der Waals surface area contributed by atoms with E-state index in [1.54, 1.807) is 29.4 Å². The number of halogens is 2. The van der Waals surface area contributed by atoms with Crippen LogP contribution >= 0.6 is 15.9 Å². The third-order valence-corrected chi connectivity index (χ3v) is 4.40. The highest BCUT2D eigenvalue weighted by Crippen LogP contribution is 2.33. The van der Waals surface area contributed by atoms with Crippen LogP contribution in [-0.4, -0.2) is 22.3 Å².